The van der Waals surface area contributed by atoms with E-state index < -0.39 is 35.7 Å². The number of benzene rings is 1. The Labute approximate surface area is 233 Å². The second-order valence-electron chi connectivity index (χ2n) is 11.1. The minimum Gasteiger partial charge on any atom is -0.481 e. The van der Waals surface area contributed by atoms with Crippen LogP contribution >= 0.6 is 0 Å². The maximum atomic E-state index is 12.6. The van der Waals surface area contributed by atoms with E-state index in [1.165, 1.54) is 11.1 Å². The highest BCUT2D eigenvalue weighted by atomic mass is 16.5. The van der Waals surface area contributed by atoms with E-state index in [2.05, 4.69) is 25.1 Å². The van der Waals surface area contributed by atoms with Gasteiger partial charge in [-0.15, -0.1) is 0 Å². The zero-order valence-corrected chi connectivity index (χ0v) is 24.0. The van der Waals surface area contributed by atoms with Gasteiger partial charge < -0.3 is 24.8 Å². The Kier molecular flexibility index (Phi) is 13.1. The van der Waals surface area contributed by atoms with Crippen molar-refractivity contribution in [3.05, 3.63) is 71.3 Å². The molecule has 1 aliphatic heterocycles. The predicted molar refractivity (Wildman–Crippen MR) is 152 cm³/mol. The molecule has 7 nitrogen and oxygen atoms in total. The van der Waals surface area contributed by atoms with Gasteiger partial charge in [0.05, 0.1) is 31.2 Å². The molecule has 0 saturated heterocycles. The summed E-state index contributed by atoms with van der Waals surface area (Å²) in [7, 11) is 1.70. The lowest BCUT2D eigenvalue weighted by Crippen LogP contribution is -2.37. The van der Waals surface area contributed by atoms with Gasteiger partial charge in [-0.2, -0.15) is 0 Å². The second-order valence-corrected chi connectivity index (χ2v) is 11.1. The summed E-state index contributed by atoms with van der Waals surface area (Å²) in [6, 6.07) is 8.30. The number of aliphatic carboxylic acids is 1. The highest BCUT2D eigenvalue weighted by Crippen LogP contribution is 2.30. The Morgan fingerprint density at radius 1 is 1.26 bits per heavy atom. The van der Waals surface area contributed by atoms with E-state index in [9.17, 15) is 24.9 Å². The summed E-state index contributed by atoms with van der Waals surface area (Å²) in [6.07, 6.45) is 9.84. The number of allylic oxidation sites excluding steroid dienone is 3. The maximum absolute atomic E-state index is 12.6. The number of aliphatic hydroxyl groups excluding tert-OH is 1. The number of aryl methyl sites for hydroxylation is 1. The van der Waals surface area contributed by atoms with Crippen molar-refractivity contribution in [2.75, 3.05) is 7.11 Å². The minimum absolute atomic E-state index is 0.164. The third kappa shape index (κ3) is 11.1. The molecule has 0 aliphatic carbocycles. The van der Waals surface area contributed by atoms with Gasteiger partial charge in [0, 0.05) is 18.9 Å². The number of cyclic esters (lactones) is 1. The van der Waals surface area contributed by atoms with Gasteiger partial charge in [-0.25, -0.2) is 0 Å². The highest BCUT2D eigenvalue weighted by Gasteiger charge is 2.34. The molecule has 0 spiro atoms. The maximum Gasteiger partial charge on any atom is 0.309 e. The molecule has 0 aromatic heterocycles. The summed E-state index contributed by atoms with van der Waals surface area (Å²) >= 11 is 0. The Bertz CT molecular complexity index is 1020. The Morgan fingerprint density at radius 3 is 2.62 bits per heavy atom. The number of hydrogen-bond donors (Lipinski definition) is 3. The lowest BCUT2D eigenvalue weighted by Gasteiger charge is -2.32. The van der Waals surface area contributed by atoms with E-state index in [1.807, 2.05) is 44.2 Å². The summed E-state index contributed by atoms with van der Waals surface area (Å²) in [5, 5.41) is 30.7. The van der Waals surface area contributed by atoms with Crippen LogP contribution < -0.4 is 0 Å². The van der Waals surface area contributed by atoms with Gasteiger partial charge in [0.25, 0.3) is 0 Å². The first kappa shape index (κ1) is 32.5. The lowest BCUT2D eigenvalue weighted by atomic mass is 9.80. The fourth-order valence-electron chi connectivity index (χ4n) is 4.91. The quantitative estimate of drug-likeness (QED) is 0.206. The van der Waals surface area contributed by atoms with Crippen LogP contribution in [0.4, 0.5) is 0 Å². The number of carbonyl (C=O) groups is 2. The Balaban J connectivity index is 2.16. The van der Waals surface area contributed by atoms with Crippen LogP contribution in [-0.2, 0) is 32.1 Å². The predicted octanol–water partition coefficient (Wildman–Crippen LogP) is 5.40. The molecule has 0 amide bonds. The molecule has 2 rings (SSSR count). The van der Waals surface area contributed by atoms with Crippen molar-refractivity contribution in [1.82, 2.24) is 0 Å². The van der Waals surface area contributed by atoms with Gasteiger partial charge in [0.1, 0.15) is 6.10 Å². The van der Waals surface area contributed by atoms with Crippen LogP contribution in [-0.4, -0.2) is 52.2 Å². The topological polar surface area (TPSA) is 113 Å². The van der Waals surface area contributed by atoms with E-state index in [0.29, 0.717) is 12.5 Å². The number of hydrogen-bond acceptors (Lipinski definition) is 6. The summed E-state index contributed by atoms with van der Waals surface area (Å²) in [4.78, 5) is 24.1. The van der Waals surface area contributed by atoms with E-state index in [1.54, 1.807) is 20.1 Å². The molecule has 1 aliphatic rings. The number of aliphatic hydroxyl groups is 2. The molecule has 0 bridgehead atoms. The molecule has 39 heavy (non-hydrogen) atoms. The number of methoxy groups -OCH3 is 1. The number of ether oxygens (including phenoxy) is 2. The standard InChI is InChI=1S/C32H46O7/c1-22(13-15-25-11-6-7-12-26(25)21-38-5)9-8-10-23(2)31-24(3)14-16-27(19-29(34)35)32(4,37)18-17-28(33)20-30(36)39-31/h6-12,14,16,22,24,27-28,31,33,37H,13,15,17-21H2,1-5H3,(H,34,35)/b9-8+,16-14+,23-10+/t22?,24-,27+,28+,31+,32+/m0/s1. The first-order valence-corrected chi connectivity index (χ1v) is 13.8. The van der Waals surface area contributed by atoms with Crippen LogP contribution in [0.15, 0.2) is 60.2 Å². The van der Waals surface area contributed by atoms with Crippen LogP contribution in [0.1, 0.15) is 70.9 Å². The van der Waals surface area contributed by atoms with Crippen LogP contribution in [0.5, 0.6) is 0 Å². The fourth-order valence-corrected chi connectivity index (χ4v) is 4.91. The van der Waals surface area contributed by atoms with Gasteiger partial charge in [-0.05, 0) is 62.1 Å². The number of esters is 1. The van der Waals surface area contributed by atoms with Crippen molar-refractivity contribution in [1.29, 1.82) is 0 Å². The van der Waals surface area contributed by atoms with E-state index in [-0.39, 0.29) is 31.6 Å². The second kappa shape index (κ2) is 15.8. The first-order chi connectivity index (χ1) is 18.4. The molecular weight excluding hydrogens is 496 g/mol. The van der Waals surface area contributed by atoms with Crippen LogP contribution in [0.3, 0.4) is 0 Å². The molecule has 3 N–H and O–H groups in total. The van der Waals surface area contributed by atoms with E-state index in [4.69, 9.17) is 9.47 Å². The number of rotatable bonds is 10. The molecule has 0 saturated carbocycles. The van der Waals surface area contributed by atoms with Gasteiger partial charge in [-0.3, -0.25) is 9.59 Å². The number of carboxylic acids is 1. The van der Waals surface area contributed by atoms with Crippen LogP contribution in [0.2, 0.25) is 0 Å². The molecule has 1 aromatic rings. The summed E-state index contributed by atoms with van der Waals surface area (Å²) < 4.78 is 11.1. The third-order valence-corrected chi connectivity index (χ3v) is 7.50. The fraction of sp³-hybridized carbons (Fsp3) is 0.562. The summed E-state index contributed by atoms with van der Waals surface area (Å²) in [5.41, 5.74) is 1.99. The zero-order chi connectivity index (χ0) is 29.0. The molecule has 7 heteroatoms. The molecule has 6 atom stereocenters. The van der Waals surface area contributed by atoms with Gasteiger partial charge in [0.15, 0.2) is 0 Å². The van der Waals surface area contributed by atoms with Crippen LogP contribution in [0, 0.1) is 17.8 Å². The molecule has 0 radical (unpaired) electrons. The van der Waals surface area contributed by atoms with Crippen LogP contribution in [0.25, 0.3) is 0 Å². The van der Waals surface area contributed by atoms with Gasteiger partial charge in [-0.1, -0.05) is 68.5 Å². The van der Waals surface area contributed by atoms with Gasteiger partial charge >= 0.3 is 11.9 Å². The largest absolute Gasteiger partial charge is 0.481 e. The van der Waals surface area contributed by atoms with Crippen molar-refractivity contribution in [2.45, 2.75) is 90.6 Å². The molecule has 1 unspecified atom stereocenters. The molecular formula is C32H46O7. The van der Waals surface area contributed by atoms with Crippen molar-refractivity contribution in [3.8, 4) is 0 Å². The Morgan fingerprint density at radius 2 is 1.95 bits per heavy atom. The number of carboxylic acid groups (broad SMARTS) is 1. The highest BCUT2D eigenvalue weighted by molar-refractivity contribution is 5.70. The van der Waals surface area contributed by atoms with E-state index >= 15 is 0 Å². The smallest absolute Gasteiger partial charge is 0.309 e. The SMILES string of the molecule is COCc1ccccc1CCC(C)/C=C/C=C(\C)[C@H]1OC(=O)C[C@H](O)CC[C@@](C)(O)[C@@H](CC(=O)O)/C=C/[C@@H]1C. The first-order valence-electron chi connectivity index (χ1n) is 13.8. The van der Waals surface area contributed by atoms with Crippen molar-refractivity contribution in [3.63, 3.8) is 0 Å². The normalized spacial score (nSPS) is 28.8. The van der Waals surface area contributed by atoms with Crippen molar-refractivity contribution in [2.24, 2.45) is 17.8 Å². The summed E-state index contributed by atoms with van der Waals surface area (Å²) in [5.74, 6) is -2.09. The third-order valence-electron chi connectivity index (χ3n) is 7.50. The van der Waals surface area contributed by atoms with Gasteiger partial charge in [0.2, 0.25) is 0 Å². The average Bonchev–Trinajstić information content (AvgIpc) is 2.87. The average molecular weight is 543 g/mol. The monoisotopic (exact) mass is 542 g/mol. The number of carbonyl (C=O) groups excluding carboxylic acids is 1. The zero-order valence-electron chi connectivity index (χ0n) is 24.0. The van der Waals surface area contributed by atoms with Crippen molar-refractivity contribution < 1.29 is 34.4 Å². The summed E-state index contributed by atoms with van der Waals surface area (Å²) in [6.45, 7) is 8.13. The molecule has 1 aromatic carbocycles. The van der Waals surface area contributed by atoms with E-state index in [0.717, 1.165) is 18.4 Å². The molecule has 216 valence electrons. The Hall–Kier alpha value is -2.74. The minimum atomic E-state index is -1.33. The molecule has 1 heterocycles. The van der Waals surface area contributed by atoms with Crippen molar-refractivity contribution >= 4 is 11.9 Å². The lowest BCUT2D eigenvalue weighted by molar-refractivity contribution is -0.151. The molecule has 0 fully saturated rings.